The fourth-order valence-corrected chi connectivity index (χ4v) is 8.40. The Labute approximate surface area is 344 Å². The van der Waals surface area contributed by atoms with E-state index in [2.05, 4.69) is 196 Å². The third-order valence-electron chi connectivity index (χ3n) is 11.1. The Morgan fingerprint density at radius 3 is 1.21 bits per heavy atom. The Balaban J connectivity index is 0.00000155. The summed E-state index contributed by atoms with van der Waals surface area (Å²) in [5.74, 6) is 0. The molecule has 3 radical (unpaired) electrons. The second-order valence-electron chi connectivity index (χ2n) is 14.6. The minimum Gasteiger partial charge on any atom is -0.310 e. The van der Waals surface area contributed by atoms with Crippen molar-refractivity contribution in [2.45, 2.75) is 38.5 Å². The Morgan fingerprint density at radius 1 is 0.308 bits per heavy atom. The van der Waals surface area contributed by atoms with E-state index in [0.29, 0.717) is 0 Å². The van der Waals surface area contributed by atoms with Gasteiger partial charge in [0.25, 0.3) is 0 Å². The molecule has 0 unspecified atom stereocenters. The van der Waals surface area contributed by atoms with Gasteiger partial charge in [-0.15, -0.1) is 0 Å². The van der Waals surface area contributed by atoms with Crippen LogP contribution in [0.25, 0.3) is 44.5 Å². The smallest absolute Gasteiger partial charge is 0.0465 e. The third-order valence-corrected chi connectivity index (χ3v) is 11.1. The Bertz CT molecular complexity index is 2380. The summed E-state index contributed by atoms with van der Waals surface area (Å²) in [6.07, 6.45) is 0. The zero-order valence-corrected chi connectivity index (χ0v) is 34.1. The molecule has 251 valence electrons. The van der Waals surface area contributed by atoms with Crippen LogP contribution < -0.4 is 4.90 Å². The molecule has 0 spiro atoms. The van der Waals surface area contributed by atoms with Crippen molar-refractivity contribution in [3.05, 3.63) is 186 Å². The summed E-state index contributed by atoms with van der Waals surface area (Å²) >= 11 is 0. The van der Waals surface area contributed by atoms with Crippen molar-refractivity contribution in [2.24, 2.45) is 0 Å². The molecule has 0 saturated heterocycles. The average Bonchev–Trinajstić information content (AvgIpc) is 3.52. The summed E-state index contributed by atoms with van der Waals surface area (Å²) in [6, 6.07) is 60.5. The first-order valence-electron chi connectivity index (χ1n) is 17.4. The summed E-state index contributed by atoms with van der Waals surface area (Å²) in [5, 5.41) is 0. The van der Waals surface area contributed by atoms with E-state index in [1.54, 1.807) is 0 Å². The average molecular weight is 783 g/mol. The van der Waals surface area contributed by atoms with Crippen LogP contribution in [0, 0.1) is 0 Å². The van der Waals surface area contributed by atoms with Gasteiger partial charge in [-0.2, -0.15) is 0 Å². The fourth-order valence-electron chi connectivity index (χ4n) is 8.40. The van der Waals surface area contributed by atoms with E-state index in [1.165, 1.54) is 66.8 Å². The Hall–Kier alpha value is -3.91. The van der Waals surface area contributed by atoms with Crippen LogP contribution in [0.3, 0.4) is 0 Å². The van der Waals surface area contributed by atoms with Gasteiger partial charge in [0.2, 0.25) is 0 Å². The van der Waals surface area contributed by atoms with Crippen LogP contribution in [-0.4, -0.2) is 0 Å². The van der Waals surface area contributed by atoms with E-state index < -0.39 is 0 Å². The van der Waals surface area contributed by atoms with E-state index in [9.17, 15) is 0 Å². The molecule has 0 atom stereocenters. The van der Waals surface area contributed by atoms with E-state index >= 15 is 0 Å². The zero-order valence-electron chi connectivity index (χ0n) is 29.9. The maximum atomic E-state index is 2.41. The molecule has 0 heterocycles. The fraction of sp³-hybridized carbons (Fsp3) is 0.125. The third kappa shape index (κ3) is 6.09. The molecule has 0 N–H and O–H groups in total. The molecule has 1 nitrogen and oxygen atoms in total. The first-order chi connectivity index (χ1) is 23.8. The number of fused-ring (bicyclic) bond motifs is 6. The van der Waals surface area contributed by atoms with Crippen molar-refractivity contribution >= 4 is 17.1 Å². The van der Waals surface area contributed by atoms with Crippen molar-refractivity contribution < 1.29 is 55.7 Å². The number of rotatable bonds is 5. The number of benzene rings is 7. The molecule has 0 aromatic heterocycles. The minimum absolute atomic E-state index is 0. The topological polar surface area (TPSA) is 3.24 Å². The van der Waals surface area contributed by atoms with Gasteiger partial charge in [0.05, 0.1) is 0 Å². The van der Waals surface area contributed by atoms with Crippen molar-refractivity contribution in [1.29, 1.82) is 0 Å². The minimum atomic E-state index is -0.0738. The molecule has 4 heteroatoms. The van der Waals surface area contributed by atoms with E-state index in [1.807, 2.05) is 0 Å². The van der Waals surface area contributed by atoms with Crippen LogP contribution in [0.15, 0.2) is 164 Å². The van der Waals surface area contributed by atoms with Gasteiger partial charge in [-0.05, 0) is 109 Å². The largest absolute Gasteiger partial charge is 0.310 e. The van der Waals surface area contributed by atoms with Gasteiger partial charge in [0, 0.05) is 83.6 Å². The zero-order chi connectivity index (χ0) is 33.3. The molecule has 0 bridgehead atoms. The Kier molecular flexibility index (Phi) is 10.5. The van der Waals surface area contributed by atoms with Crippen LogP contribution in [0.2, 0.25) is 0 Å². The van der Waals surface area contributed by atoms with Crippen LogP contribution in [0.5, 0.6) is 0 Å². The van der Waals surface area contributed by atoms with Crippen molar-refractivity contribution in [1.82, 2.24) is 0 Å². The summed E-state index contributed by atoms with van der Waals surface area (Å²) < 4.78 is 0. The van der Waals surface area contributed by atoms with E-state index in [0.717, 1.165) is 17.1 Å². The number of anilines is 3. The predicted octanol–water partition coefficient (Wildman–Crippen LogP) is 13.1. The van der Waals surface area contributed by atoms with Crippen LogP contribution >= 0.6 is 0 Å². The molecular formula is C48H39NV3. The number of hydrogen-bond acceptors (Lipinski definition) is 1. The summed E-state index contributed by atoms with van der Waals surface area (Å²) in [7, 11) is 0. The van der Waals surface area contributed by atoms with E-state index in [-0.39, 0.29) is 66.5 Å². The molecule has 0 aliphatic heterocycles. The molecule has 9 rings (SSSR count). The van der Waals surface area contributed by atoms with Crippen molar-refractivity contribution in [2.75, 3.05) is 4.90 Å². The van der Waals surface area contributed by atoms with Gasteiger partial charge >= 0.3 is 0 Å². The molecular weight excluding hydrogens is 743 g/mol. The standard InChI is InChI=1S/C48H39N.3V/c1-47(2)43-16-10-8-14-39(43)41-28-22-35(30-45(41)47)34-20-25-37(26-21-34)49(36-23-18-33(19-24-36)32-12-6-5-7-13-32)38-27-29-42-40-15-9-11-17-44(40)48(3,4)46(42)31-38;;;/h5-31H,1-4H3;;;. The first kappa shape index (κ1) is 37.8. The van der Waals surface area contributed by atoms with Crippen molar-refractivity contribution in [3.8, 4) is 44.5 Å². The summed E-state index contributed by atoms with van der Waals surface area (Å²) in [6.45, 7) is 9.40. The molecule has 0 saturated carbocycles. The second-order valence-corrected chi connectivity index (χ2v) is 14.6. The van der Waals surface area contributed by atoms with Crippen LogP contribution in [0.1, 0.15) is 49.9 Å². The second kappa shape index (κ2) is 14.5. The normalized spacial score (nSPS) is 13.6. The summed E-state index contributed by atoms with van der Waals surface area (Å²) in [5.41, 5.74) is 19.2. The first-order valence-corrected chi connectivity index (χ1v) is 17.4. The number of hydrogen-bond donors (Lipinski definition) is 0. The van der Waals surface area contributed by atoms with E-state index in [4.69, 9.17) is 0 Å². The SMILES string of the molecule is CC1(C)c2ccccc2-c2ccc(-c3ccc(N(c4ccc(-c5ccccc5)cc4)c4ccc5c(c4)C(C)(C)c4ccccc4-5)cc3)cc21.[V].[V].[V]. The van der Waals surface area contributed by atoms with Gasteiger partial charge in [-0.1, -0.05) is 149 Å². The maximum absolute atomic E-state index is 2.41. The quantitative estimate of drug-likeness (QED) is 0.168. The Morgan fingerprint density at radius 2 is 0.673 bits per heavy atom. The molecule has 0 amide bonds. The van der Waals surface area contributed by atoms with Gasteiger partial charge in [-0.25, -0.2) is 0 Å². The van der Waals surface area contributed by atoms with Crippen LogP contribution in [-0.2, 0) is 66.5 Å². The van der Waals surface area contributed by atoms with Gasteiger partial charge in [0.15, 0.2) is 0 Å². The predicted molar refractivity (Wildman–Crippen MR) is 207 cm³/mol. The molecule has 0 fully saturated rings. The van der Waals surface area contributed by atoms with Crippen LogP contribution in [0.4, 0.5) is 17.1 Å². The molecule has 7 aromatic rings. The maximum Gasteiger partial charge on any atom is 0.0465 e. The monoisotopic (exact) mass is 782 g/mol. The van der Waals surface area contributed by atoms with Gasteiger partial charge in [0.1, 0.15) is 0 Å². The van der Waals surface area contributed by atoms with Crippen molar-refractivity contribution in [3.63, 3.8) is 0 Å². The molecule has 2 aliphatic carbocycles. The van der Waals surface area contributed by atoms with Gasteiger partial charge in [-0.3, -0.25) is 0 Å². The molecule has 7 aromatic carbocycles. The number of nitrogens with zero attached hydrogens (tertiary/aromatic N) is 1. The van der Waals surface area contributed by atoms with Gasteiger partial charge < -0.3 is 4.90 Å². The molecule has 52 heavy (non-hydrogen) atoms. The summed E-state index contributed by atoms with van der Waals surface area (Å²) in [4.78, 5) is 2.40. The molecule has 2 aliphatic rings.